The summed E-state index contributed by atoms with van der Waals surface area (Å²) in [6.07, 6.45) is 1.88. The molecule has 1 aromatic rings. The number of thioether (sulfide) groups is 1. The number of hydrogen-bond acceptors (Lipinski definition) is 6. The summed E-state index contributed by atoms with van der Waals surface area (Å²) in [6.45, 7) is 0. The van der Waals surface area contributed by atoms with E-state index in [1.807, 2.05) is 0 Å². The van der Waals surface area contributed by atoms with E-state index in [2.05, 4.69) is 21.8 Å². The molecule has 0 fully saturated rings. The van der Waals surface area contributed by atoms with Crippen LogP contribution in [0.3, 0.4) is 0 Å². The lowest BCUT2D eigenvalue weighted by Crippen LogP contribution is -2.27. The van der Waals surface area contributed by atoms with Crippen molar-refractivity contribution in [3.8, 4) is 0 Å². The van der Waals surface area contributed by atoms with Gasteiger partial charge in [0.15, 0.2) is 0 Å². The Morgan fingerprint density at radius 1 is 1.83 bits per heavy atom. The maximum absolute atomic E-state index is 10.5. The monoisotopic (exact) mass is 188 g/mol. The molecule has 1 radical (unpaired) electrons. The maximum Gasteiger partial charge on any atom is 0.269 e. The molecule has 0 aromatic carbocycles. The molecule has 1 atom stereocenters. The summed E-state index contributed by atoms with van der Waals surface area (Å²) in [6, 6.07) is 0. The van der Waals surface area contributed by atoms with Gasteiger partial charge in [-0.15, -0.1) is 5.10 Å². The zero-order valence-electron chi connectivity index (χ0n) is 5.91. The summed E-state index contributed by atoms with van der Waals surface area (Å²) < 4.78 is 0.889. The molecule has 0 spiro atoms. The Labute approximate surface area is 71.9 Å². The zero-order valence-corrected chi connectivity index (χ0v) is 6.73. The summed E-state index contributed by atoms with van der Waals surface area (Å²) in [4.78, 5) is 10.5. The fraction of sp³-hybridized carbons (Fsp3) is 0.250. The van der Waals surface area contributed by atoms with Crippen LogP contribution in [0.2, 0.25) is 0 Å². The van der Waals surface area contributed by atoms with E-state index in [1.165, 1.54) is 0 Å². The van der Waals surface area contributed by atoms with E-state index >= 15 is 0 Å². The van der Waals surface area contributed by atoms with Crippen LogP contribution in [0.5, 0.6) is 0 Å². The zero-order chi connectivity index (χ0) is 9.14. The quantitative estimate of drug-likeness (QED) is 0.561. The third-order valence-corrected chi connectivity index (χ3v) is 1.60. The number of carbonyl (C=O) groups excluding carboxylic acids is 1. The molecule has 0 bridgehead atoms. The number of rotatable bonds is 3. The van der Waals surface area contributed by atoms with Crippen molar-refractivity contribution in [2.45, 2.75) is 11.4 Å². The summed E-state index contributed by atoms with van der Waals surface area (Å²) in [5.41, 5.74) is 4.82. The van der Waals surface area contributed by atoms with Crippen molar-refractivity contribution in [3.63, 3.8) is 0 Å². The maximum atomic E-state index is 10.5. The van der Waals surface area contributed by atoms with Crippen molar-refractivity contribution < 1.29 is 9.90 Å². The van der Waals surface area contributed by atoms with E-state index in [1.54, 1.807) is 0 Å². The number of nitrogens with two attached hydrogens (primary N) is 1. The first-order valence-corrected chi connectivity index (χ1v) is 3.82. The molecular formula is C4H6N5O2S. The molecule has 1 heterocycles. The minimum Gasteiger partial charge on any atom is -0.366 e. The van der Waals surface area contributed by atoms with Crippen molar-refractivity contribution in [1.82, 2.24) is 20.2 Å². The minimum absolute atomic E-state index is 0.223. The van der Waals surface area contributed by atoms with E-state index in [0.717, 1.165) is 16.4 Å². The molecule has 1 unspecified atom stereocenters. The Morgan fingerprint density at radius 2 is 2.50 bits per heavy atom. The number of tetrazole rings is 1. The van der Waals surface area contributed by atoms with Crippen LogP contribution in [-0.4, -0.2) is 31.2 Å². The van der Waals surface area contributed by atoms with Crippen LogP contribution in [0, 0.1) is 6.26 Å². The van der Waals surface area contributed by atoms with Crippen molar-refractivity contribution in [2.75, 3.05) is 0 Å². The molecule has 8 heteroatoms. The van der Waals surface area contributed by atoms with E-state index in [-0.39, 0.29) is 5.16 Å². The first-order valence-electron chi connectivity index (χ1n) is 2.84. The molecule has 0 aliphatic heterocycles. The number of aliphatic hydroxyl groups excluding tert-OH is 1. The van der Waals surface area contributed by atoms with Crippen LogP contribution < -0.4 is 5.73 Å². The predicted molar refractivity (Wildman–Crippen MR) is 39.5 cm³/mol. The first-order chi connectivity index (χ1) is 5.66. The lowest BCUT2D eigenvalue weighted by molar-refractivity contribution is -0.131. The van der Waals surface area contributed by atoms with Gasteiger partial charge >= 0.3 is 0 Å². The number of primary amides is 1. The van der Waals surface area contributed by atoms with Gasteiger partial charge in [0.05, 0.1) is 0 Å². The van der Waals surface area contributed by atoms with Gasteiger partial charge in [0, 0.05) is 6.26 Å². The molecule has 7 nitrogen and oxygen atoms in total. The fourth-order valence-electron chi connectivity index (χ4n) is 0.554. The number of aliphatic hydroxyl groups is 1. The number of aromatic nitrogens is 4. The fourth-order valence-corrected chi connectivity index (χ4v) is 0.917. The van der Waals surface area contributed by atoms with Gasteiger partial charge in [-0.3, -0.25) is 4.79 Å². The number of carbonyl (C=O) groups is 1. The van der Waals surface area contributed by atoms with Crippen molar-refractivity contribution >= 4 is 17.7 Å². The van der Waals surface area contributed by atoms with Crippen molar-refractivity contribution in [1.29, 1.82) is 0 Å². The molecule has 1 aromatic heterocycles. The molecule has 0 aliphatic rings. The molecule has 12 heavy (non-hydrogen) atoms. The summed E-state index contributed by atoms with van der Waals surface area (Å²) in [5.74, 6) is -0.919. The Kier molecular flexibility index (Phi) is 2.61. The van der Waals surface area contributed by atoms with Crippen molar-refractivity contribution in [2.24, 2.45) is 5.73 Å². The SMILES string of the molecule is [CH2]Sc1nnnn1C(O)C(N)=O. The lowest BCUT2D eigenvalue weighted by atomic mass is 10.5. The van der Waals surface area contributed by atoms with Gasteiger partial charge < -0.3 is 10.8 Å². The summed E-state index contributed by atoms with van der Waals surface area (Å²) in [5, 5.41) is 19.4. The van der Waals surface area contributed by atoms with Gasteiger partial charge in [0.25, 0.3) is 5.91 Å². The minimum atomic E-state index is -1.54. The second kappa shape index (κ2) is 3.50. The number of amides is 1. The van der Waals surface area contributed by atoms with Gasteiger partial charge in [0.2, 0.25) is 11.4 Å². The van der Waals surface area contributed by atoms with Crippen LogP contribution in [0.25, 0.3) is 0 Å². The molecule has 1 rings (SSSR count). The largest absolute Gasteiger partial charge is 0.366 e. The topological polar surface area (TPSA) is 107 Å². The second-order valence-electron chi connectivity index (χ2n) is 1.83. The normalized spacial score (nSPS) is 12.8. The first kappa shape index (κ1) is 8.94. The number of nitrogens with zero attached hydrogens (tertiary/aromatic N) is 4. The smallest absolute Gasteiger partial charge is 0.269 e. The third-order valence-electron chi connectivity index (χ3n) is 1.08. The van der Waals surface area contributed by atoms with Crippen LogP contribution in [0.15, 0.2) is 5.16 Å². The van der Waals surface area contributed by atoms with Crippen LogP contribution in [0.1, 0.15) is 6.23 Å². The Morgan fingerprint density at radius 3 is 3.00 bits per heavy atom. The van der Waals surface area contributed by atoms with Gasteiger partial charge in [-0.1, -0.05) is 11.8 Å². The Balaban J connectivity index is 2.93. The van der Waals surface area contributed by atoms with E-state index in [4.69, 9.17) is 10.8 Å². The predicted octanol–water partition coefficient (Wildman–Crippen LogP) is -1.47. The highest BCUT2D eigenvalue weighted by Gasteiger charge is 2.18. The van der Waals surface area contributed by atoms with Crippen molar-refractivity contribution in [3.05, 3.63) is 6.26 Å². The molecule has 65 valence electrons. The molecule has 0 saturated carbocycles. The average Bonchev–Trinajstić information content (AvgIpc) is 2.49. The third kappa shape index (κ3) is 1.53. The molecule has 0 saturated heterocycles. The van der Waals surface area contributed by atoms with Gasteiger partial charge in [-0.25, -0.2) is 0 Å². The highest BCUT2D eigenvalue weighted by atomic mass is 32.2. The molecule has 0 aliphatic carbocycles. The highest BCUT2D eigenvalue weighted by Crippen LogP contribution is 2.13. The van der Waals surface area contributed by atoms with E-state index in [0.29, 0.717) is 0 Å². The lowest BCUT2D eigenvalue weighted by Gasteiger charge is -2.05. The van der Waals surface area contributed by atoms with E-state index in [9.17, 15) is 4.79 Å². The van der Waals surface area contributed by atoms with Gasteiger partial charge in [0.1, 0.15) is 0 Å². The summed E-state index contributed by atoms with van der Waals surface area (Å²) >= 11 is 0.957. The molecular weight excluding hydrogens is 182 g/mol. The molecule has 3 N–H and O–H groups in total. The van der Waals surface area contributed by atoms with Crippen LogP contribution >= 0.6 is 11.8 Å². The van der Waals surface area contributed by atoms with Gasteiger partial charge in [-0.2, -0.15) is 4.68 Å². The van der Waals surface area contributed by atoms with Crippen LogP contribution in [-0.2, 0) is 4.79 Å². The van der Waals surface area contributed by atoms with Crippen LogP contribution in [0.4, 0.5) is 0 Å². The average molecular weight is 188 g/mol. The standard InChI is InChI=1S/C4H6N5O2S/c1-12-4-6-7-8-9(4)3(11)2(5)10/h3,11H,1H2,(H2,5,10). The summed E-state index contributed by atoms with van der Waals surface area (Å²) in [7, 11) is 0. The Hall–Kier alpha value is -1.15. The Bertz CT molecular complexity index is 287. The van der Waals surface area contributed by atoms with E-state index < -0.39 is 12.1 Å². The molecule has 1 amide bonds. The number of hydrogen-bond donors (Lipinski definition) is 2. The van der Waals surface area contributed by atoms with Gasteiger partial charge in [-0.05, 0) is 10.4 Å². The second-order valence-corrected chi connectivity index (χ2v) is 2.48. The highest BCUT2D eigenvalue weighted by molar-refractivity contribution is 8.00.